The standard InChI is InChI=1S/C6H10O3.C4H3F7/c1(5-3-8-5)7-2-6-4-9-6;1-2(5,6)3(7,8)4(9,10)11/h5-6H,1-4H2;1H3. The predicted molar refractivity (Wildman–Crippen MR) is 51.9 cm³/mol. The molecule has 0 radical (unpaired) electrons. The molecule has 10 heteroatoms. The van der Waals surface area contributed by atoms with Crippen LogP contribution in [-0.2, 0) is 14.2 Å². The van der Waals surface area contributed by atoms with Gasteiger partial charge in [0.05, 0.1) is 26.4 Å². The van der Waals surface area contributed by atoms with Crippen molar-refractivity contribution < 1.29 is 44.9 Å². The number of halogens is 7. The zero-order valence-electron chi connectivity index (χ0n) is 10.4. The maximum atomic E-state index is 11.6. The minimum absolute atomic E-state index is 0.392. The van der Waals surface area contributed by atoms with Gasteiger partial charge in [-0.15, -0.1) is 0 Å². The van der Waals surface area contributed by atoms with E-state index in [4.69, 9.17) is 14.2 Å². The fourth-order valence-corrected chi connectivity index (χ4v) is 0.908. The van der Waals surface area contributed by atoms with Gasteiger partial charge < -0.3 is 14.2 Å². The molecular weight excluding hydrogens is 301 g/mol. The summed E-state index contributed by atoms with van der Waals surface area (Å²) in [5.74, 6) is -11.0. The van der Waals surface area contributed by atoms with Crippen molar-refractivity contribution in [1.82, 2.24) is 0 Å². The normalized spacial score (nSPS) is 25.8. The van der Waals surface area contributed by atoms with E-state index in [1.165, 1.54) is 0 Å². The number of ether oxygens (including phenoxy) is 3. The number of rotatable bonds is 5. The van der Waals surface area contributed by atoms with E-state index < -0.39 is 24.9 Å². The summed E-state index contributed by atoms with van der Waals surface area (Å²) in [5.41, 5.74) is 0. The largest absolute Gasteiger partial charge is 0.459 e. The third-order valence-corrected chi connectivity index (χ3v) is 2.32. The lowest BCUT2D eigenvalue weighted by Crippen LogP contribution is -2.50. The van der Waals surface area contributed by atoms with E-state index in [2.05, 4.69) is 0 Å². The Morgan fingerprint density at radius 2 is 1.25 bits per heavy atom. The second-order valence-electron chi connectivity index (χ2n) is 4.41. The van der Waals surface area contributed by atoms with Crippen LogP contribution in [0.15, 0.2) is 0 Å². The van der Waals surface area contributed by atoms with Crippen molar-refractivity contribution >= 4 is 0 Å². The maximum absolute atomic E-state index is 11.6. The Kier molecular flexibility index (Phi) is 5.25. The summed E-state index contributed by atoms with van der Waals surface area (Å²) >= 11 is 0. The van der Waals surface area contributed by atoms with E-state index in [9.17, 15) is 30.7 Å². The first-order valence-electron chi connectivity index (χ1n) is 5.58. The van der Waals surface area contributed by atoms with Crippen LogP contribution in [0.25, 0.3) is 0 Å². The molecule has 0 aromatic carbocycles. The molecule has 2 rings (SSSR count). The SMILES string of the molecule is C(OCC1CO1)C1CO1.CC(F)(F)C(F)(F)C(F)(F)F. The number of hydrogen-bond acceptors (Lipinski definition) is 3. The molecule has 2 aliphatic rings. The second-order valence-corrected chi connectivity index (χ2v) is 4.41. The Morgan fingerprint density at radius 1 is 0.900 bits per heavy atom. The zero-order chi connectivity index (χ0) is 15.6. The highest BCUT2D eigenvalue weighted by Crippen LogP contribution is 2.45. The monoisotopic (exact) mass is 314 g/mol. The van der Waals surface area contributed by atoms with Crippen LogP contribution in [0.3, 0.4) is 0 Å². The van der Waals surface area contributed by atoms with Crippen molar-refractivity contribution in [3.63, 3.8) is 0 Å². The van der Waals surface area contributed by atoms with Crippen LogP contribution in [0, 0.1) is 0 Å². The van der Waals surface area contributed by atoms with Gasteiger partial charge in [-0.05, 0) is 0 Å². The third-order valence-electron chi connectivity index (χ3n) is 2.32. The molecule has 0 spiro atoms. The molecule has 120 valence electrons. The van der Waals surface area contributed by atoms with Crippen LogP contribution in [-0.4, -0.2) is 56.7 Å². The molecule has 2 saturated heterocycles. The molecule has 0 N–H and O–H groups in total. The molecule has 2 unspecified atom stereocenters. The Hall–Kier alpha value is -0.610. The molecule has 0 amide bonds. The summed E-state index contributed by atoms with van der Waals surface area (Å²) in [6, 6.07) is 0. The van der Waals surface area contributed by atoms with E-state index in [1.807, 2.05) is 0 Å². The molecule has 0 aromatic heterocycles. The number of alkyl halides is 7. The summed E-state index contributed by atoms with van der Waals surface area (Å²) in [6.45, 7) is 2.78. The first-order valence-corrected chi connectivity index (χ1v) is 5.58. The van der Waals surface area contributed by atoms with Gasteiger partial charge in [0.1, 0.15) is 12.2 Å². The molecule has 2 heterocycles. The molecular formula is C10H13F7O3. The van der Waals surface area contributed by atoms with Crippen LogP contribution in [0.2, 0.25) is 0 Å². The summed E-state index contributed by atoms with van der Waals surface area (Å²) < 4.78 is 94.6. The van der Waals surface area contributed by atoms with E-state index >= 15 is 0 Å². The van der Waals surface area contributed by atoms with E-state index in [1.54, 1.807) is 0 Å². The van der Waals surface area contributed by atoms with Gasteiger partial charge in [0.2, 0.25) is 0 Å². The molecule has 2 fully saturated rings. The van der Waals surface area contributed by atoms with Crippen LogP contribution >= 0.6 is 0 Å². The number of hydrogen-bond donors (Lipinski definition) is 0. The Balaban J connectivity index is 0.000000202. The van der Waals surface area contributed by atoms with Gasteiger partial charge in [0, 0.05) is 6.92 Å². The molecule has 0 bridgehead atoms. The van der Waals surface area contributed by atoms with Gasteiger partial charge in [0.25, 0.3) is 0 Å². The first kappa shape index (κ1) is 17.4. The van der Waals surface area contributed by atoms with Crippen molar-refractivity contribution in [3.05, 3.63) is 0 Å². The van der Waals surface area contributed by atoms with Crippen LogP contribution in [0.1, 0.15) is 6.92 Å². The molecule has 0 aromatic rings. The predicted octanol–water partition coefficient (Wildman–Crippen LogP) is 2.64. The van der Waals surface area contributed by atoms with Gasteiger partial charge in [-0.3, -0.25) is 0 Å². The van der Waals surface area contributed by atoms with Crippen molar-refractivity contribution in [2.45, 2.75) is 37.2 Å². The summed E-state index contributed by atoms with van der Waals surface area (Å²) in [5, 5.41) is 0. The van der Waals surface area contributed by atoms with Crippen LogP contribution in [0.5, 0.6) is 0 Å². The Bertz CT molecular complexity index is 277. The minimum Gasteiger partial charge on any atom is -0.376 e. The molecule has 3 nitrogen and oxygen atoms in total. The number of epoxide rings is 2. The molecule has 2 atom stereocenters. The lowest BCUT2D eigenvalue weighted by atomic mass is 10.2. The molecule has 20 heavy (non-hydrogen) atoms. The van der Waals surface area contributed by atoms with Crippen molar-refractivity contribution in [2.24, 2.45) is 0 Å². The smallest absolute Gasteiger partial charge is 0.376 e. The van der Waals surface area contributed by atoms with Crippen molar-refractivity contribution in [3.8, 4) is 0 Å². The lowest BCUT2D eigenvalue weighted by molar-refractivity contribution is -0.349. The van der Waals surface area contributed by atoms with E-state index in [0.717, 1.165) is 26.4 Å². The fraction of sp³-hybridized carbons (Fsp3) is 1.00. The highest BCUT2D eigenvalue weighted by atomic mass is 19.4. The Labute approximate surface area is 110 Å². The van der Waals surface area contributed by atoms with Crippen molar-refractivity contribution in [1.29, 1.82) is 0 Å². The van der Waals surface area contributed by atoms with Crippen LogP contribution < -0.4 is 0 Å². The quantitative estimate of drug-likeness (QED) is 0.578. The molecule has 0 saturated carbocycles. The van der Waals surface area contributed by atoms with Gasteiger partial charge in [-0.25, -0.2) is 0 Å². The fourth-order valence-electron chi connectivity index (χ4n) is 0.908. The first-order chi connectivity index (χ1) is 8.95. The third kappa shape index (κ3) is 5.41. The van der Waals surface area contributed by atoms with E-state index in [-0.39, 0.29) is 0 Å². The second kappa shape index (κ2) is 6.02. The summed E-state index contributed by atoms with van der Waals surface area (Å²) in [4.78, 5) is 0. The average molecular weight is 314 g/mol. The van der Waals surface area contributed by atoms with Crippen LogP contribution in [0.4, 0.5) is 30.7 Å². The summed E-state index contributed by atoms with van der Waals surface area (Å²) in [7, 11) is 0. The Morgan fingerprint density at radius 3 is 1.40 bits per heavy atom. The minimum atomic E-state index is -6.20. The van der Waals surface area contributed by atoms with E-state index in [0.29, 0.717) is 12.2 Å². The molecule has 2 aliphatic heterocycles. The topological polar surface area (TPSA) is 34.3 Å². The van der Waals surface area contributed by atoms with Gasteiger partial charge in [-0.1, -0.05) is 0 Å². The highest BCUT2D eigenvalue weighted by molar-refractivity contribution is 4.87. The molecule has 0 aliphatic carbocycles. The summed E-state index contributed by atoms with van der Waals surface area (Å²) in [6.07, 6.45) is -5.42. The average Bonchev–Trinajstić information content (AvgIpc) is 3.09. The van der Waals surface area contributed by atoms with Crippen molar-refractivity contribution in [2.75, 3.05) is 26.4 Å². The zero-order valence-corrected chi connectivity index (χ0v) is 10.4. The van der Waals surface area contributed by atoms with Gasteiger partial charge >= 0.3 is 18.0 Å². The van der Waals surface area contributed by atoms with Gasteiger partial charge in [0.15, 0.2) is 0 Å². The lowest BCUT2D eigenvalue weighted by Gasteiger charge is -2.24. The highest BCUT2D eigenvalue weighted by Gasteiger charge is 2.70. The maximum Gasteiger partial charge on any atom is 0.459 e. The van der Waals surface area contributed by atoms with Gasteiger partial charge in [-0.2, -0.15) is 30.7 Å².